The summed E-state index contributed by atoms with van der Waals surface area (Å²) < 4.78 is 19.2. The molecule has 9 nitrogen and oxygen atoms in total. The van der Waals surface area contributed by atoms with Gasteiger partial charge in [-0.2, -0.15) is 10.1 Å². The van der Waals surface area contributed by atoms with Crippen LogP contribution in [-0.4, -0.2) is 66.2 Å². The molecule has 1 saturated heterocycles. The number of halogens is 1. The van der Waals surface area contributed by atoms with Gasteiger partial charge < -0.3 is 20.1 Å². The normalized spacial score (nSPS) is 13.2. The second-order valence-corrected chi connectivity index (χ2v) is 9.33. The Labute approximate surface area is 248 Å². The number of nitrogens with zero attached hydrogens (tertiary/aromatic N) is 5. The predicted octanol–water partition coefficient (Wildman–Crippen LogP) is 5.61. The lowest BCUT2D eigenvalue weighted by atomic mass is 10.2. The zero-order chi connectivity index (χ0) is 30.7. The van der Waals surface area contributed by atoms with Gasteiger partial charge >= 0.3 is 0 Å². The number of benzene rings is 1. The molecular weight excluding hydrogens is 533 g/mol. The number of allylic oxidation sites excluding steroid dienone is 4. The van der Waals surface area contributed by atoms with Gasteiger partial charge in [0.1, 0.15) is 0 Å². The number of aliphatic hydroxyl groups excluding tert-OH is 1. The van der Waals surface area contributed by atoms with Crippen molar-refractivity contribution in [1.82, 2.24) is 15.0 Å². The Kier molecular flexibility index (Phi) is 15.2. The van der Waals surface area contributed by atoms with Gasteiger partial charge in [-0.05, 0) is 39.8 Å². The Morgan fingerprint density at radius 1 is 1.10 bits per heavy atom. The minimum atomic E-state index is -0.462. The maximum absolute atomic E-state index is 14.0. The monoisotopic (exact) mass is 575 g/mol. The molecule has 3 aromatic rings. The molecule has 0 spiro atoms. The Morgan fingerprint density at radius 3 is 2.33 bits per heavy atom. The number of hydrogen-bond acceptors (Lipinski definition) is 9. The third-order valence-corrected chi connectivity index (χ3v) is 5.90. The van der Waals surface area contributed by atoms with Gasteiger partial charge in [0.25, 0.3) is 0 Å². The van der Waals surface area contributed by atoms with Crippen LogP contribution in [0.4, 0.5) is 21.8 Å². The molecule has 1 aliphatic rings. The first kappa shape index (κ1) is 33.8. The molecule has 0 amide bonds. The van der Waals surface area contributed by atoms with Crippen molar-refractivity contribution in [2.45, 2.75) is 27.7 Å². The lowest BCUT2D eigenvalue weighted by Gasteiger charge is -2.27. The molecule has 0 bridgehead atoms. The molecular formula is C32H42FN7O2. The topological polar surface area (TPSA) is 108 Å². The number of nitrogens with one attached hydrogen (secondary N) is 2. The van der Waals surface area contributed by atoms with E-state index in [0.717, 1.165) is 23.2 Å². The van der Waals surface area contributed by atoms with Gasteiger partial charge in [0, 0.05) is 20.1 Å². The number of aryl methyl sites for hydroxylation is 3. The first-order chi connectivity index (χ1) is 20.3. The van der Waals surface area contributed by atoms with E-state index in [0.29, 0.717) is 32.0 Å². The van der Waals surface area contributed by atoms with Crippen LogP contribution in [0.5, 0.6) is 0 Å². The first-order valence-electron chi connectivity index (χ1n) is 13.7. The summed E-state index contributed by atoms with van der Waals surface area (Å²) >= 11 is 0. The molecule has 224 valence electrons. The van der Waals surface area contributed by atoms with Gasteiger partial charge in [-0.15, -0.1) is 0 Å². The molecule has 1 aromatic carbocycles. The van der Waals surface area contributed by atoms with Gasteiger partial charge in [-0.25, -0.2) is 19.8 Å². The third kappa shape index (κ3) is 12.4. The number of aromatic nitrogens is 3. The number of rotatable bonds is 8. The molecule has 1 fully saturated rings. The van der Waals surface area contributed by atoms with E-state index in [-0.39, 0.29) is 18.4 Å². The molecule has 0 unspecified atom stereocenters. The maximum atomic E-state index is 14.0. The van der Waals surface area contributed by atoms with E-state index in [1.165, 1.54) is 11.1 Å². The highest BCUT2D eigenvalue weighted by Crippen LogP contribution is 2.18. The number of pyridine rings is 1. The average Bonchev–Trinajstić information content (AvgIpc) is 3.00. The Bertz CT molecular complexity index is 1310. The summed E-state index contributed by atoms with van der Waals surface area (Å²) in [7, 11) is 1.84. The van der Waals surface area contributed by atoms with Crippen LogP contribution >= 0.6 is 0 Å². The molecule has 0 radical (unpaired) electrons. The largest absolute Gasteiger partial charge is 0.392 e. The predicted molar refractivity (Wildman–Crippen MR) is 171 cm³/mol. The van der Waals surface area contributed by atoms with Crippen LogP contribution in [0.25, 0.3) is 0 Å². The lowest BCUT2D eigenvalue weighted by molar-refractivity contribution is 0.122. The van der Waals surface area contributed by atoms with Crippen LogP contribution < -0.4 is 15.6 Å². The van der Waals surface area contributed by atoms with Crippen molar-refractivity contribution in [2.75, 3.05) is 55.6 Å². The van der Waals surface area contributed by atoms with E-state index in [1.807, 2.05) is 50.1 Å². The molecule has 0 saturated carbocycles. The Morgan fingerprint density at radius 2 is 1.76 bits per heavy atom. The fourth-order valence-electron chi connectivity index (χ4n) is 3.55. The molecule has 10 heteroatoms. The van der Waals surface area contributed by atoms with Crippen molar-refractivity contribution in [2.24, 2.45) is 5.10 Å². The third-order valence-electron chi connectivity index (χ3n) is 5.90. The average molecular weight is 576 g/mol. The van der Waals surface area contributed by atoms with Crippen molar-refractivity contribution in [3.05, 3.63) is 107 Å². The zero-order valence-corrected chi connectivity index (χ0v) is 25.1. The SMILES string of the molecule is C=C/C=C\C(C)=C/CO.CNc1ccc(/C=N/Nc2ncc(F)c(N3CCOCC3)n2)nc1C.Cc1ccc(C)cc1. The summed E-state index contributed by atoms with van der Waals surface area (Å²) in [6.07, 6.45) is 9.87. The second kappa shape index (κ2) is 18.8. The highest BCUT2D eigenvalue weighted by atomic mass is 19.1. The van der Waals surface area contributed by atoms with Crippen molar-refractivity contribution in [1.29, 1.82) is 0 Å². The lowest BCUT2D eigenvalue weighted by Crippen LogP contribution is -2.37. The van der Waals surface area contributed by atoms with Crippen molar-refractivity contribution < 1.29 is 14.2 Å². The highest BCUT2D eigenvalue weighted by molar-refractivity contribution is 5.78. The second-order valence-electron chi connectivity index (χ2n) is 9.33. The number of hydrazone groups is 1. The van der Waals surface area contributed by atoms with Crippen molar-refractivity contribution >= 4 is 23.7 Å². The van der Waals surface area contributed by atoms with E-state index in [4.69, 9.17) is 9.84 Å². The van der Waals surface area contributed by atoms with Crippen LogP contribution in [0.3, 0.4) is 0 Å². The van der Waals surface area contributed by atoms with Gasteiger partial charge in [0.2, 0.25) is 5.95 Å². The number of hydrogen-bond donors (Lipinski definition) is 3. The van der Waals surface area contributed by atoms with Crippen LogP contribution in [0.15, 0.2) is 84.2 Å². The molecule has 1 aliphatic heterocycles. The van der Waals surface area contributed by atoms with Crippen LogP contribution in [-0.2, 0) is 4.74 Å². The fraction of sp³-hybridized carbons (Fsp3) is 0.312. The standard InChI is InChI=1S/C16H20FN7O.C8H12O.C8H10/c1-11-14(18-2)4-3-12(21-11)9-20-23-16-19-10-13(17)15(22-16)24-5-7-25-8-6-24;1-3-4-5-8(2)6-7-9;1-7-3-5-8(2)6-4-7/h3-4,9-10,18H,5-8H2,1-2H3,(H,19,22,23);3-6,9H,1,7H2,2H3;3-6H,1-2H3/b20-9+;5-4-,8-6-;. The molecule has 4 rings (SSSR count). The van der Waals surface area contributed by atoms with E-state index < -0.39 is 5.82 Å². The highest BCUT2D eigenvalue weighted by Gasteiger charge is 2.17. The number of anilines is 3. The summed E-state index contributed by atoms with van der Waals surface area (Å²) in [5.74, 6) is 0.0161. The molecule has 3 N–H and O–H groups in total. The number of ether oxygens (including phenoxy) is 1. The van der Waals surface area contributed by atoms with Crippen molar-refractivity contribution in [3.8, 4) is 0 Å². The minimum Gasteiger partial charge on any atom is -0.392 e. The molecule has 42 heavy (non-hydrogen) atoms. The smallest absolute Gasteiger partial charge is 0.245 e. The van der Waals surface area contributed by atoms with E-state index in [9.17, 15) is 4.39 Å². The zero-order valence-electron chi connectivity index (χ0n) is 25.1. The first-order valence-corrected chi connectivity index (χ1v) is 13.7. The summed E-state index contributed by atoms with van der Waals surface area (Å²) in [4.78, 5) is 14.3. The quantitative estimate of drug-likeness (QED) is 0.181. The summed E-state index contributed by atoms with van der Waals surface area (Å²) in [6, 6.07) is 12.2. The van der Waals surface area contributed by atoms with E-state index in [2.05, 4.69) is 75.5 Å². The minimum absolute atomic E-state index is 0.104. The van der Waals surface area contributed by atoms with Gasteiger partial charge in [0.05, 0.1) is 49.3 Å². The van der Waals surface area contributed by atoms with Gasteiger partial charge in [-0.3, -0.25) is 0 Å². The van der Waals surface area contributed by atoms with Crippen molar-refractivity contribution in [3.63, 3.8) is 0 Å². The Balaban J connectivity index is 0.000000296. The van der Waals surface area contributed by atoms with Gasteiger partial charge in [0.15, 0.2) is 11.6 Å². The van der Waals surface area contributed by atoms with Crippen LogP contribution in [0.1, 0.15) is 29.4 Å². The number of morpholine rings is 1. The van der Waals surface area contributed by atoms with E-state index in [1.54, 1.807) is 18.4 Å². The molecule has 2 aromatic heterocycles. The fourth-order valence-corrected chi connectivity index (χ4v) is 3.55. The number of aliphatic hydroxyl groups is 1. The summed E-state index contributed by atoms with van der Waals surface area (Å²) in [5, 5.41) is 15.5. The van der Waals surface area contributed by atoms with Gasteiger partial charge in [-0.1, -0.05) is 71.8 Å². The summed E-state index contributed by atoms with van der Waals surface area (Å²) in [6.45, 7) is 13.9. The molecule has 0 aliphatic carbocycles. The molecule has 3 heterocycles. The van der Waals surface area contributed by atoms with E-state index >= 15 is 0 Å². The Hall–Kier alpha value is -4.41. The van der Waals surface area contributed by atoms with Crippen LogP contribution in [0, 0.1) is 26.6 Å². The van der Waals surface area contributed by atoms with Crippen LogP contribution in [0.2, 0.25) is 0 Å². The molecule has 0 atom stereocenters. The maximum Gasteiger partial charge on any atom is 0.245 e. The summed E-state index contributed by atoms with van der Waals surface area (Å²) in [5.41, 5.74) is 8.96.